The number of nitrogens with zero attached hydrogens (tertiary/aromatic N) is 2. The molecule has 1 heterocycles. The van der Waals surface area contributed by atoms with Gasteiger partial charge < -0.3 is 5.53 Å². The number of hydrogen-bond acceptors (Lipinski definition) is 2. The monoisotopic (exact) mass is 1060 g/mol. The van der Waals surface area contributed by atoms with Gasteiger partial charge in [0.15, 0.2) is 0 Å². The fourth-order valence-corrected chi connectivity index (χ4v) is 11.3. The molecule has 0 fully saturated rings. The molecule has 0 amide bonds. The minimum atomic E-state index is 0.565. The van der Waals surface area contributed by atoms with Gasteiger partial charge in [-0.25, -0.2) is 4.70 Å². The molecule has 5 heteroatoms. The number of unbranched alkanes of at least 4 members (excludes halogenated alkanes) is 19. The van der Waals surface area contributed by atoms with Gasteiger partial charge in [0, 0.05) is 22.8 Å². The Hall–Kier alpha value is -3.63. The fraction of sp³-hybridized carbons (Fsp3) is 0.600. The molecule has 0 spiro atoms. The number of benzene rings is 4. The van der Waals surface area contributed by atoms with Crippen molar-refractivity contribution in [2.24, 2.45) is 0 Å². The Morgan fingerprint density at radius 3 is 1.09 bits per heavy atom. The van der Waals surface area contributed by atoms with Crippen LogP contribution in [0.15, 0.2) is 96.6 Å². The molecule has 1 aliphatic rings. The molecule has 418 valence electrons. The van der Waals surface area contributed by atoms with E-state index in [2.05, 4.69) is 78.8 Å². The molecule has 75 heavy (non-hydrogen) atoms. The molecule has 0 atom stereocenters. The van der Waals surface area contributed by atoms with Crippen LogP contribution in [0.3, 0.4) is 0 Å². The molecule has 0 radical (unpaired) electrons. The summed E-state index contributed by atoms with van der Waals surface area (Å²) in [5.74, 6) is 0. The van der Waals surface area contributed by atoms with Crippen molar-refractivity contribution >= 4 is 11.4 Å². The summed E-state index contributed by atoms with van der Waals surface area (Å²) in [7, 11) is 0. The van der Waals surface area contributed by atoms with E-state index in [1.807, 2.05) is 60.7 Å². The second kappa shape index (κ2) is 40.6. The number of allylic oxidation sites excluding steroid dienone is 2. The van der Waals surface area contributed by atoms with Gasteiger partial charge in [-0.1, -0.05) is 170 Å². The summed E-state index contributed by atoms with van der Waals surface area (Å²) in [6.07, 6.45) is 43.7. The van der Waals surface area contributed by atoms with Gasteiger partial charge in [-0.15, -0.1) is 0 Å². The molecule has 4 aromatic carbocycles. The third kappa shape index (κ3) is 24.3. The van der Waals surface area contributed by atoms with Crippen molar-refractivity contribution in [3.63, 3.8) is 0 Å². The van der Waals surface area contributed by atoms with E-state index in [0.29, 0.717) is 13.2 Å². The van der Waals surface area contributed by atoms with Gasteiger partial charge in [0.2, 0.25) is 11.4 Å². The van der Waals surface area contributed by atoms with Crippen molar-refractivity contribution in [1.29, 1.82) is 0 Å². The zero-order chi connectivity index (χ0) is 53.6. The molecular weight excluding hydrogens is 959 g/mol. The average Bonchev–Trinajstić information content (AvgIpc) is 3.77. The Kier molecular flexibility index (Phi) is 34.6. The predicted molar refractivity (Wildman–Crippen MR) is 320 cm³/mol. The zero-order valence-electron chi connectivity index (χ0n) is 48.9. The number of aryl methyl sites for hydroxylation is 4. The van der Waals surface area contributed by atoms with Gasteiger partial charge in [0.25, 0.3) is 0 Å². The summed E-state index contributed by atoms with van der Waals surface area (Å²) >= 11 is 0.863. The van der Waals surface area contributed by atoms with E-state index in [0.717, 1.165) is 69.7 Å². The van der Waals surface area contributed by atoms with Crippen molar-refractivity contribution < 1.29 is 27.5 Å². The van der Waals surface area contributed by atoms with Crippen molar-refractivity contribution in [3.8, 4) is 0 Å². The fourth-order valence-electron chi connectivity index (χ4n) is 10.8. The van der Waals surface area contributed by atoms with Gasteiger partial charge in [-0.05, 0) is 148 Å². The van der Waals surface area contributed by atoms with E-state index in [4.69, 9.17) is 7.76 Å². The Balaban J connectivity index is 0.000000599. The molecule has 5 rings (SSSR count). The van der Waals surface area contributed by atoms with Crippen LogP contribution in [-0.2, 0) is 74.6 Å². The van der Waals surface area contributed by atoms with E-state index >= 15 is 0 Å². The SMILES string of the molecule is CCCCCCCCC1=C(c2cc(CCCCCC)c(CCCC)c(CCCCCC)c2)[N+](=[N-])C(c2cc(CCCCCC)c(CCCC)c(CCCCCC)c2)=C1.c1ccc(C[O][Ni][O]Cc2ccccc2)cc1. The van der Waals surface area contributed by atoms with Crippen molar-refractivity contribution in [2.45, 2.75) is 274 Å². The predicted octanol–water partition coefficient (Wildman–Crippen LogP) is 21.7. The molecule has 1 aliphatic heterocycles. The van der Waals surface area contributed by atoms with Crippen molar-refractivity contribution in [3.05, 3.63) is 158 Å². The zero-order valence-corrected chi connectivity index (χ0v) is 49.9. The number of rotatable bonds is 41. The standard InChI is InChI=1S/C56H92N2.2C7H7O.Ni/c1-8-15-22-27-28-33-38-50-45-55(51-41-46(34-29-23-16-9-2)53(39-20-13-6)47(42-51)35-30-24-17-10-3)58(57)56(50)52-43-48(36-31-25-18-11-4)54(40-21-14-7)49(44-52)37-32-26-19-12-5;2*8-6-7-4-2-1-3-5-7;/h41-45H,8-40H2,1-7H3;2*1-5H,6H2;/q;2*-1;+2. The molecule has 0 aliphatic carbocycles. The van der Waals surface area contributed by atoms with Gasteiger partial charge in [0.05, 0.1) is 0 Å². The Morgan fingerprint density at radius 2 is 0.707 bits per heavy atom. The summed E-state index contributed by atoms with van der Waals surface area (Å²) in [5, 5.41) is 0. The van der Waals surface area contributed by atoms with Crippen LogP contribution in [0.5, 0.6) is 0 Å². The van der Waals surface area contributed by atoms with Crippen LogP contribution in [0.25, 0.3) is 16.9 Å². The third-order valence-electron chi connectivity index (χ3n) is 15.2. The first kappa shape index (κ1) is 63.9. The summed E-state index contributed by atoms with van der Waals surface area (Å²) in [6.45, 7) is 17.4. The summed E-state index contributed by atoms with van der Waals surface area (Å²) in [4.78, 5) is 0. The normalized spacial score (nSPS) is 12.5. The average molecular weight is 1070 g/mol. The van der Waals surface area contributed by atoms with Crippen LogP contribution in [0.4, 0.5) is 0 Å². The molecular formula is C70H106N2NiO2. The van der Waals surface area contributed by atoms with Crippen LogP contribution in [0.1, 0.15) is 277 Å². The van der Waals surface area contributed by atoms with E-state index in [-0.39, 0.29) is 0 Å². The first-order chi connectivity index (χ1) is 36.9. The molecule has 0 bridgehead atoms. The number of hydrogen-bond donors (Lipinski definition) is 0. The Labute approximate surface area is 467 Å². The molecule has 0 N–H and O–H groups in total. The van der Waals surface area contributed by atoms with Crippen molar-refractivity contribution in [2.75, 3.05) is 0 Å². The van der Waals surface area contributed by atoms with Crippen LogP contribution in [-0.4, -0.2) is 4.70 Å². The van der Waals surface area contributed by atoms with Crippen LogP contribution in [0, 0.1) is 0 Å². The molecule has 0 unspecified atom stereocenters. The van der Waals surface area contributed by atoms with Crippen LogP contribution in [0.2, 0.25) is 0 Å². The van der Waals surface area contributed by atoms with Gasteiger partial charge in [-0.2, -0.15) is 0 Å². The molecule has 0 saturated carbocycles. The van der Waals surface area contributed by atoms with Crippen molar-refractivity contribution in [1.82, 2.24) is 0 Å². The topological polar surface area (TPSA) is 43.8 Å². The Bertz CT molecular complexity index is 2080. The first-order valence-electron chi connectivity index (χ1n) is 31.1. The van der Waals surface area contributed by atoms with E-state index < -0.39 is 0 Å². The summed E-state index contributed by atoms with van der Waals surface area (Å²) in [5.41, 5.74) is 30.4. The molecule has 4 aromatic rings. The van der Waals surface area contributed by atoms with Gasteiger partial charge in [0.1, 0.15) is 0 Å². The summed E-state index contributed by atoms with van der Waals surface area (Å²) in [6, 6.07) is 30.2. The molecule has 0 saturated heterocycles. The third-order valence-corrected chi connectivity index (χ3v) is 15.8. The second-order valence-electron chi connectivity index (χ2n) is 21.7. The molecule has 0 aromatic heterocycles. The van der Waals surface area contributed by atoms with E-state index in [1.165, 1.54) is 196 Å². The van der Waals surface area contributed by atoms with Gasteiger partial charge >= 0.3 is 108 Å². The quantitative estimate of drug-likeness (QED) is 0.0253. The minimum absolute atomic E-state index is 0.565. The maximum absolute atomic E-state index is 12.7. The first-order valence-corrected chi connectivity index (χ1v) is 31.9. The van der Waals surface area contributed by atoms with Crippen LogP contribution < -0.4 is 0 Å². The molecule has 4 nitrogen and oxygen atoms in total. The van der Waals surface area contributed by atoms with Crippen LogP contribution >= 0.6 is 0 Å². The maximum atomic E-state index is 12.7. The van der Waals surface area contributed by atoms with Gasteiger partial charge in [-0.3, -0.25) is 0 Å². The summed E-state index contributed by atoms with van der Waals surface area (Å²) < 4.78 is 12.4. The van der Waals surface area contributed by atoms with E-state index in [1.54, 1.807) is 38.1 Å². The Morgan fingerprint density at radius 1 is 0.373 bits per heavy atom. The van der Waals surface area contributed by atoms with E-state index in [9.17, 15) is 5.53 Å². The second-order valence-corrected chi connectivity index (χ2v) is 22.5.